The van der Waals surface area contributed by atoms with Gasteiger partial charge in [0, 0.05) is 36.5 Å². The monoisotopic (exact) mass is 553 g/mol. The van der Waals surface area contributed by atoms with Crippen molar-refractivity contribution in [1.29, 1.82) is 5.26 Å². The van der Waals surface area contributed by atoms with E-state index in [0.29, 0.717) is 29.0 Å². The van der Waals surface area contributed by atoms with Crippen LogP contribution in [-0.4, -0.2) is 32.7 Å². The molecule has 1 aliphatic heterocycles. The zero-order valence-electron chi connectivity index (χ0n) is 21.7. The van der Waals surface area contributed by atoms with E-state index in [1.54, 1.807) is 18.3 Å². The van der Waals surface area contributed by atoms with Crippen molar-refractivity contribution in [1.82, 2.24) is 19.5 Å². The second kappa shape index (κ2) is 10.3. The molecule has 0 amide bonds. The smallest absolute Gasteiger partial charge is 0.449 e. The third-order valence-corrected chi connectivity index (χ3v) is 6.96. The van der Waals surface area contributed by atoms with Crippen LogP contribution in [0.15, 0.2) is 47.4 Å². The maximum absolute atomic E-state index is 15.2. The maximum atomic E-state index is 15.2. The molecule has 0 saturated carbocycles. The average molecular weight is 554 g/mol. The van der Waals surface area contributed by atoms with E-state index in [1.807, 2.05) is 13.0 Å². The Kier molecular flexibility index (Phi) is 7.01. The number of benzene rings is 1. The lowest BCUT2D eigenvalue weighted by Crippen LogP contribution is -2.29. The van der Waals surface area contributed by atoms with Gasteiger partial charge in [0.25, 0.3) is 5.56 Å². The summed E-state index contributed by atoms with van der Waals surface area (Å²) in [6.45, 7) is 1.88. The molecule has 4 aromatic rings. The van der Waals surface area contributed by atoms with Crippen molar-refractivity contribution in [3.05, 3.63) is 81.4 Å². The van der Waals surface area contributed by atoms with E-state index in [4.69, 9.17) is 14.7 Å². The molecule has 3 aromatic heterocycles. The Morgan fingerprint density at radius 2 is 1.93 bits per heavy atom. The molecular formula is C28H23F4N5O3. The second-order valence-corrected chi connectivity index (χ2v) is 9.63. The van der Waals surface area contributed by atoms with Crippen LogP contribution in [0.1, 0.15) is 54.4 Å². The Morgan fingerprint density at radius 3 is 2.60 bits per heavy atom. The van der Waals surface area contributed by atoms with Crippen LogP contribution in [0.25, 0.3) is 22.2 Å². The largest absolute Gasteiger partial charge is 0.481 e. The Hall–Kier alpha value is -4.37. The van der Waals surface area contributed by atoms with Gasteiger partial charge in [-0.25, -0.2) is 14.4 Å². The molecule has 1 aliphatic rings. The van der Waals surface area contributed by atoms with E-state index in [0.717, 1.165) is 18.7 Å². The summed E-state index contributed by atoms with van der Waals surface area (Å²) in [5, 5.41) is 9.02. The van der Waals surface area contributed by atoms with E-state index in [9.17, 15) is 18.0 Å². The standard InChI is InChI=1S/C28H23F4N5O3/c1-14-8-17(10-22(40-14)16-6-7-34-23(11-16)39-3)21-12-19-25(36-27(28(30,31)32)37(2)26(19)38)24(35-21)18-5-4-15(13-33)9-20(18)29/h4-7,9,11-12,14,17,22H,8,10H2,1-3H3/t14-,17+,22+/m1/s1. The zero-order chi connectivity index (χ0) is 28.8. The number of aromatic nitrogens is 4. The third-order valence-electron chi connectivity index (χ3n) is 6.96. The first-order chi connectivity index (χ1) is 19.0. The van der Waals surface area contributed by atoms with Crippen molar-refractivity contribution < 1.29 is 27.0 Å². The van der Waals surface area contributed by atoms with Gasteiger partial charge in [-0.2, -0.15) is 18.4 Å². The number of halogens is 4. The van der Waals surface area contributed by atoms with Gasteiger partial charge in [0.05, 0.1) is 42.0 Å². The molecule has 3 atom stereocenters. The molecule has 1 fully saturated rings. The normalized spacial score (nSPS) is 19.4. The van der Waals surface area contributed by atoms with Crippen molar-refractivity contribution in [3.63, 3.8) is 0 Å². The zero-order valence-corrected chi connectivity index (χ0v) is 21.7. The van der Waals surface area contributed by atoms with Crippen LogP contribution in [0.2, 0.25) is 0 Å². The van der Waals surface area contributed by atoms with Crippen molar-refractivity contribution in [2.24, 2.45) is 7.05 Å². The first-order valence-electron chi connectivity index (χ1n) is 12.3. The van der Waals surface area contributed by atoms with Crippen LogP contribution in [0.3, 0.4) is 0 Å². The second-order valence-electron chi connectivity index (χ2n) is 9.63. The van der Waals surface area contributed by atoms with Crippen LogP contribution in [0, 0.1) is 17.1 Å². The van der Waals surface area contributed by atoms with E-state index in [-0.39, 0.29) is 45.8 Å². The number of nitrogens with zero attached hydrogens (tertiary/aromatic N) is 5. The number of methoxy groups -OCH3 is 1. The summed E-state index contributed by atoms with van der Waals surface area (Å²) in [7, 11) is 2.49. The fourth-order valence-electron chi connectivity index (χ4n) is 5.06. The molecule has 206 valence electrons. The fourth-order valence-corrected chi connectivity index (χ4v) is 5.06. The number of hydrogen-bond donors (Lipinski definition) is 0. The molecule has 0 spiro atoms. The summed E-state index contributed by atoms with van der Waals surface area (Å²) in [5.74, 6) is -2.18. The Labute approximate surface area is 225 Å². The quantitative estimate of drug-likeness (QED) is 0.310. The van der Waals surface area contributed by atoms with Crippen LogP contribution in [0.4, 0.5) is 17.6 Å². The number of ether oxygens (including phenoxy) is 2. The topological polar surface area (TPSA) is 103 Å². The van der Waals surface area contributed by atoms with Crippen molar-refractivity contribution in [3.8, 4) is 23.2 Å². The molecule has 0 bridgehead atoms. The lowest BCUT2D eigenvalue weighted by Gasteiger charge is -2.34. The molecular weight excluding hydrogens is 530 g/mol. The number of alkyl halides is 3. The molecule has 1 saturated heterocycles. The lowest BCUT2D eigenvalue weighted by molar-refractivity contribution is -0.147. The summed E-state index contributed by atoms with van der Waals surface area (Å²) in [4.78, 5) is 25.7. The summed E-state index contributed by atoms with van der Waals surface area (Å²) in [6.07, 6.45) is -3.02. The Balaban J connectivity index is 1.71. The molecule has 5 rings (SSSR count). The molecule has 0 radical (unpaired) electrons. The number of nitriles is 1. The predicted octanol–water partition coefficient (Wildman–Crippen LogP) is 5.45. The van der Waals surface area contributed by atoms with Gasteiger partial charge in [-0.15, -0.1) is 0 Å². The van der Waals surface area contributed by atoms with E-state index in [1.165, 1.54) is 25.3 Å². The van der Waals surface area contributed by atoms with Gasteiger partial charge in [0.1, 0.15) is 11.3 Å². The maximum Gasteiger partial charge on any atom is 0.449 e. The van der Waals surface area contributed by atoms with Gasteiger partial charge in [0.2, 0.25) is 11.7 Å². The van der Waals surface area contributed by atoms with Crippen LogP contribution in [-0.2, 0) is 18.0 Å². The highest BCUT2D eigenvalue weighted by atomic mass is 19.4. The van der Waals surface area contributed by atoms with Gasteiger partial charge in [-0.3, -0.25) is 14.3 Å². The minimum atomic E-state index is -4.93. The number of hydrogen-bond acceptors (Lipinski definition) is 7. The SMILES string of the molecule is COc1cc([C@@H]2C[C@@H](c3cc4c(=O)n(C)c(C(F)(F)F)nc4c(-c4ccc(C#N)cc4F)n3)C[C@@H](C)O2)ccn1. The number of rotatable bonds is 4. The molecule has 1 aromatic carbocycles. The lowest BCUT2D eigenvalue weighted by atomic mass is 9.86. The van der Waals surface area contributed by atoms with Crippen molar-refractivity contribution in [2.45, 2.75) is 44.1 Å². The van der Waals surface area contributed by atoms with Gasteiger partial charge in [0.15, 0.2) is 0 Å². The first kappa shape index (κ1) is 27.2. The van der Waals surface area contributed by atoms with Gasteiger partial charge in [-0.1, -0.05) is 0 Å². The minimum absolute atomic E-state index is 0.0236. The molecule has 0 aliphatic carbocycles. The molecule has 8 nitrogen and oxygen atoms in total. The van der Waals surface area contributed by atoms with E-state index < -0.39 is 23.4 Å². The number of pyridine rings is 2. The average Bonchev–Trinajstić information content (AvgIpc) is 2.93. The number of fused-ring (bicyclic) bond motifs is 1. The third kappa shape index (κ3) is 5.00. The summed E-state index contributed by atoms with van der Waals surface area (Å²) >= 11 is 0. The molecule has 40 heavy (non-hydrogen) atoms. The molecule has 0 N–H and O–H groups in total. The molecule has 12 heteroatoms. The highest BCUT2D eigenvalue weighted by Gasteiger charge is 2.38. The van der Waals surface area contributed by atoms with Gasteiger partial charge < -0.3 is 9.47 Å². The predicted molar refractivity (Wildman–Crippen MR) is 136 cm³/mol. The van der Waals surface area contributed by atoms with Gasteiger partial charge in [-0.05, 0) is 55.7 Å². The highest BCUT2D eigenvalue weighted by Crippen LogP contribution is 2.42. The minimum Gasteiger partial charge on any atom is -0.481 e. The summed E-state index contributed by atoms with van der Waals surface area (Å²) in [6, 6.07) is 10.3. The van der Waals surface area contributed by atoms with Crippen molar-refractivity contribution >= 4 is 10.9 Å². The van der Waals surface area contributed by atoms with E-state index >= 15 is 4.39 Å². The summed E-state index contributed by atoms with van der Waals surface area (Å²) in [5.41, 5.74) is -0.462. The van der Waals surface area contributed by atoms with E-state index in [2.05, 4.69) is 15.0 Å². The summed E-state index contributed by atoms with van der Waals surface area (Å²) < 4.78 is 68.3. The molecule has 4 heterocycles. The van der Waals surface area contributed by atoms with Crippen LogP contribution in [0.5, 0.6) is 5.88 Å². The molecule has 0 unspecified atom stereocenters. The Morgan fingerprint density at radius 1 is 1.15 bits per heavy atom. The van der Waals surface area contributed by atoms with Gasteiger partial charge >= 0.3 is 6.18 Å². The Bertz CT molecular complexity index is 1710. The first-order valence-corrected chi connectivity index (χ1v) is 12.3. The van der Waals surface area contributed by atoms with Crippen LogP contribution >= 0.6 is 0 Å². The fraction of sp³-hybridized carbons (Fsp3) is 0.321. The van der Waals surface area contributed by atoms with Crippen molar-refractivity contribution in [2.75, 3.05) is 7.11 Å². The van der Waals surface area contributed by atoms with Crippen LogP contribution < -0.4 is 10.3 Å². The highest BCUT2D eigenvalue weighted by molar-refractivity contribution is 5.91.